The largest absolute Gasteiger partial charge is 0.385 e. The normalized spacial score (nSPS) is 10.8. The van der Waals surface area contributed by atoms with Crippen molar-refractivity contribution in [2.45, 2.75) is 13.0 Å². The van der Waals surface area contributed by atoms with Gasteiger partial charge in [-0.05, 0) is 12.5 Å². The summed E-state index contributed by atoms with van der Waals surface area (Å²) in [4.78, 5) is 27.0. The molecule has 0 saturated heterocycles. The van der Waals surface area contributed by atoms with Crippen molar-refractivity contribution in [3.8, 4) is 11.1 Å². The Balaban J connectivity index is 2.57. The van der Waals surface area contributed by atoms with E-state index >= 15 is 0 Å². The third-order valence-corrected chi connectivity index (χ3v) is 3.99. The minimum atomic E-state index is -0.517. The summed E-state index contributed by atoms with van der Waals surface area (Å²) >= 11 is 9.45. The molecule has 0 amide bonds. The zero-order chi connectivity index (χ0) is 15.4. The van der Waals surface area contributed by atoms with Crippen LogP contribution in [-0.2, 0) is 11.3 Å². The zero-order valence-corrected chi connectivity index (χ0v) is 13.7. The number of rotatable bonds is 5. The Kier molecular flexibility index (Phi) is 5.39. The Hall–Kier alpha value is -1.37. The molecule has 7 heteroatoms. The van der Waals surface area contributed by atoms with Crippen molar-refractivity contribution in [3.05, 3.63) is 54.7 Å². The lowest BCUT2D eigenvalue weighted by Gasteiger charge is -2.10. The number of aromatic nitrogens is 2. The highest BCUT2D eigenvalue weighted by Gasteiger charge is 2.16. The number of hydrogen-bond donors (Lipinski definition) is 1. The zero-order valence-electron chi connectivity index (χ0n) is 11.4. The van der Waals surface area contributed by atoms with Crippen LogP contribution in [0.25, 0.3) is 11.1 Å². The standard InChI is InChI=1S/C14H14BrClN2O3/c1-21-8-4-7-18-13(19)11(12(16)17-14(18)20)9-5-2-3-6-10(9)15/h2-3,5-6H,4,7-8H2,1H3,(H,17,20). The molecule has 0 saturated carbocycles. The van der Waals surface area contributed by atoms with Crippen molar-refractivity contribution in [1.82, 2.24) is 9.55 Å². The molecule has 0 fully saturated rings. The van der Waals surface area contributed by atoms with Crippen LogP contribution >= 0.6 is 27.5 Å². The maximum atomic E-state index is 12.6. The lowest BCUT2D eigenvalue weighted by molar-refractivity contribution is 0.189. The predicted octanol–water partition coefficient (Wildman–Crippen LogP) is 2.66. The summed E-state index contributed by atoms with van der Waals surface area (Å²) in [5.74, 6) is 0. The SMILES string of the molecule is COCCCn1c(=O)[nH]c(Cl)c(-c2ccccc2Br)c1=O. The summed E-state index contributed by atoms with van der Waals surface area (Å²) in [6, 6.07) is 7.22. The summed E-state index contributed by atoms with van der Waals surface area (Å²) in [6.45, 7) is 0.746. The van der Waals surface area contributed by atoms with Crippen LogP contribution in [-0.4, -0.2) is 23.3 Å². The highest BCUT2D eigenvalue weighted by molar-refractivity contribution is 9.10. The molecule has 2 aromatic rings. The Morgan fingerprint density at radius 1 is 1.33 bits per heavy atom. The number of benzene rings is 1. The molecule has 0 aliphatic carbocycles. The van der Waals surface area contributed by atoms with Crippen molar-refractivity contribution in [1.29, 1.82) is 0 Å². The molecule has 21 heavy (non-hydrogen) atoms. The van der Waals surface area contributed by atoms with E-state index in [0.717, 1.165) is 9.04 Å². The van der Waals surface area contributed by atoms with Crippen LogP contribution in [0.5, 0.6) is 0 Å². The molecule has 2 rings (SSSR count). The average molecular weight is 374 g/mol. The van der Waals surface area contributed by atoms with Gasteiger partial charge < -0.3 is 4.74 Å². The third-order valence-electron chi connectivity index (χ3n) is 3.01. The topological polar surface area (TPSA) is 64.1 Å². The Labute approximate surface area is 134 Å². The van der Waals surface area contributed by atoms with Gasteiger partial charge in [0.2, 0.25) is 0 Å². The monoisotopic (exact) mass is 372 g/mol. The number of H-pyrrole nitrogens is 1. The molecule has 0 radical (unpaired) electrons. The number of methoxy groups -OCH3 is 1. The third kappa shape index (κ3) is 3.45. The summed E-state index contributed by atoms with van der Waals surface area (Å²) in [7, 11) is 1.57. The average Bonchev–Trinajstić information content (AvgIpc) is 2.44. The van der Waals surface area contributed by atoms with Gasteiger partial charge in [0.25, 0.3) is 5.56 Å². The summed E-state index contributed by atoms with van der Waals surface area (Å²) in [5.41, 5.74) is -0.00550. The first-order chi connectivity index (χ1) is 10.1. The minimum Gasteiger partial charge on any atom is -0.385 e. The van der Waals surface area contributed by atoms with Crippen LogP contribution in [0.2, 0.25) is 5.15 Å². The molecule has 1 heterocycles. The first-order valence-electron chi connectivity index (χ1n) is 6.32. The number of nitrogens with zero attached hydrogens (tertiary/aromatic N) is 1. The number of hydrogen-bond acceptors (Lipinski definition) is 3. The van der Waals surface area contributed by atoms with E-state index in [-0.39, 0.29) is 17.3 Å². The number of ether oxygens (including phenoxy) is 1. The van der Waals surface area contributed by atoms with Crippen LogP contribution in [0.1, 0.15) is 6.42 Å². The van der Waals surface area contributed by atoms with Crippen molar-refractivity contribution in [2.75, 3.05) is 13.7 Å². The smallest absolute Gasteiger partial charge is 0.329 e. The van der Waals surface area contributed by atoms with Gasteiger partial charge in [-0.25, -0.2) is 4.79 Å². The second-order valence-corrected chi connectivity index (χ2v) is 5.63. The van der Waals surface area contributed by atoms with E-state index in [9.17, 15) is 9.59 Å². The number of halogens is 2. The minimum absolute atomic E-state index is 0.0416. The van der Waals surface area contributed by atoms with Gasteiger partial charge >= 0.3 is 5.69 Å². The highest BCUT2D eigenvalue weighted by atomic mass is 79.9. The first kappa shape index (κ1) is 16.0. The Morgan fingerprint density at radius 3 is 2.71 bits per heavy atom. The first-order valence-corrected chi connectivity index (χ1v) is 7.49. The molecule has 112 valence electrons. The summed E-state index contributed by atoms with van der Waals surface area (Å²) in [5, 5.41) is 0.0416. The summed E-state index contributed by atoms with van der Waals surface area (Å²) in [6.07, 6.45) is 0.566. The fraction of sp³-hybridized carbons (Fsp3) is 0.286. The van der Waals surface area contributed by atoms with Gasteiger partial charge in [-0.1, -0.05) is 45.7 Å². The van der Waals surface area contributed by atoms with Gasteiger partial charge in [-0.3, -0.25) is 14.3 Å². The van der Waals surface area contributed by atoms with Crippen LogP contribution < -0.4 is 11.2 Å². The van der Waals surface area contributed by atoms with E-state index < -0.39 is 11.2 Å². The van der Waals surface area contributed by atoms with Crippen molar-refractivity contribution in [3.63, 3.8) is 0 Å². The molecule has 0 spiro atoms. The van der Waals surface area contributed by atoms with Gasteiger partial charge in [0.05, 0.1) is 5.56 Å². The van der Waals surface area contributed by atoms with Gasteiger partial charge in [0.1, 0.15) is 5.15 Å². The lowest BCUT2D eigenvalue weighted by atomic mass is 10.1. The van der Waals surface area contributed by atoms with E-state index in [1.54, 1.807) is 19.2 Å². The molecular formula is C14H14BrClN2O3. The molecule has 1 aromatic carbocycles. The molecule has 1 aromatic heterocycles. The molecule has 0 aliphatic rings. The highest BCUT2D eigenvalue weighted by Crippen LogP contribution is 2.28. The second kappa shape index (κ2) is 7.06. The van der Waals surface area contributed by atoms with Crippen molar-refractivity contribution in [2.24, 2.45) is 0 Å². The van der Waals surface area contributed by atoms with Gasteiger partial charge in [0, 0.05) is 30.3 Å². The quantitative estimate of drug-likeness (QED) is 0.647. The van der Waals surface area contributed by atoms with E-state index in [4.69, 9.17) is 16.3 Å². The second-order valence-electron chi connectivity index (χ2n) is 4.40. The lowest BCUT2D eigenvalue weighted by Crippen LogP contribution is -2.36. The maximum Gasteiger partial charge on any atom is 0.329 e. The molecule has 5 nitrogen and oxygen atoms in total. The van der Waals surface area contributed by atoms with Crippen molar-refractivity contribution < 1.29 is 4.74 Å². The van der Waals surface area contributed by atoms with E-state index in [1.807, 2.05) is 12.1 Å². The Bertz CT molecular complexity index is 755. The van der Waals surface area contributed by atoms with Gasteiger partial charge in [-0.15, -0.1) is 0 Å². The molecule has 1 N–H and O–H groups in total. The fourth-order valence-corrected chi connectivity index (χ4v) is 2.76. The molecule has 0 atom stereocenters. The summed E-state index contributed by atoms with van der Waals surface area (Å²) < 4.78 is 6.81. The van der Waals surface area contributed by atoms with Crippen LogP contribution in [0.4, 0.5) is 0 Å². The van der Waals surface area contributed by atoms with Crippen LogP contribution in [0.3, 0.4) is 0 Å². The van der Waals surface area contributed by atoms with Gasteiger partial charge in [0.15, 0.2) is 0 Å². The van der Waals surface area contributed by atoms with Crippen molar-refractivity contribution >= 4 is 27.5 Å². The van der Waals surface area contributed by atoms with Crippen LogP contribution in [0.15, 0.2) is 38.3 Å². The number of nitrogens with one attached hydrogen (secondary N) is 1. The predicted molar refractivity (Wildman–Crippen MR) is 86.0 cm³/mol. The molecule has 0 bridgehead atoms. The van der Waals surface area contributed by atoms with E-state index in [1.165, 1.54) is 0 Å². The molecular weight excluding hydrogens is 360 g/mol. The number of aromatic amines is 1. The molecule has 0 unspecified atom stereocenters. The van der Waals surface area contributed by atoms with Gasteiger partial charge in [-0.2, -0.15) is 0 Å². The maximum absolute atomic E-state index is 12.6. The van der Waals surface area contributed by atoms with E-state index in [2.05, 4.69) is 20.9 Å². The fourth-order valence-electron chi connectivity index (χ4n) is 2.01. The molecule has 0 aliphatic heterocycles. The Morgan fingerprint density at radius 2 is 2.05 bits per heavy atom. The van der Waals surface area contributed by atoms with E-state index in [0.29, 0.717) is 18.6 Å². The van der Waals surface area contributed by atoms with Crippen LogP contribution in [0, 0.1) is 0 Å².